The number of rotatable bonds is 7. The SMILES string of the molecule is CC/N=C1/SC(C(=O)NCCO)=C/C1=C(/C)Nc1ccc(OC(F)(F)F)cc1. The van der Waals surface area contributed by atoms with Crippen molar-refractivity contribution in [3.05, 3.63) is 46.5 Å². The summed E-state index contributed by atoms with van der Waals surface area (Å²) in [5, 5.41) is 15.2. The third-order valence-corrected chi connectivity index (χ3v) is 4.52. The molecule has 1 aromatic carbocycles. The lowest BCUT2D eigenvalue weighted by Gasteiger charge is -2.12. The van der Waals surface area contributed by atoms with Gasteiger partial charge in [-0.25, -0.2) is 0 Å². The first kappa shape index (κ1) is 21.8. The summed E-state index contributed by atoms with van der Waals surface area (Å²) in [6, 6.07) is 5.34. The number of aliphatic hydroxyl groups excluding tert-OH is 1. The zero-order valence-electron chi connectivity index (χ0n) is 15.3. The molecule has 0 atom stereocenters. The van der Waals surface area contributed by atoms with E-state index in [9.17, 15) is 18.0 Å². The van der Waals surface area contributed by atoms with E-state index in [2.05, 4.69) is 20.4 Å². The number of ether oxygens (including phenoxy) is 1. The quantitative estimate of drug-likeness (QED) is 0.636. The summed E-state index contributed by atoms with van der Waals surface area (Å²) < 4.78 is 40.6. The Morgan fingerprint density at radius 1 is 1.29 bits per heavy atom. The molecular weight excluding hydrogens is 395 g/mol. The first-order valence-corrected chi connectivity index (χ1v) is 9.22. The summed E-state index contributed by atoms with van der Waals surface area (Å²) in [5.74, 6) is -0.616. The fraction of sp³-hybridized carbons (Fsp3) is 0.333. The molecule has 0 unspecified atom stereocenters. The minimum atomic E-state index is -4.74. The van der Waals surface area contributed by atoms with Crippen LogP contribution in [-0.4, -0.2) is 42.1 Å². The molecular formula is C18H20F3N3O3S. The van der Waals surface area contributed by atoms with Crippen LogP contribution in [0.2, 0.25) is 0 Å². The van der Waals surface area contributed by atoms with E-state index >= 15 is 0 Å². The maximum atomic E-state index is 12.2. The zero-order valence-corrected chi connectivity index (χ0v) is 16.1. The Hall–Kier alpha value is -2.46. The summed E-state index contributed by atoms with van der Waals surface area (Å²) in [4.78, 5) is 17.0. The Balaban J connectivity index is 2.19. The smallest absolute Gasteiger partial charge is 0.406 e. The minimum Gasteiger partial charge on any atom is -0.406 e. The van der Waals surface area contributed by atoms with Crippen molar-refractivity contribution < 1.29 is 27.8 Å². The molecule has 0 fully saturated rings. The molecule has 6 nitrogen and oxygen atoms in total. The lowest BCUT2D eigenvalue weighted by atomic mass is 10.2. The first-order chi connectivity index (χ1) is 13.2. The molecule has 0 spiro atoms. The molecule has 10 heteroatoms. The number of carbonyl (C=O) groups is 1. The Bertz CT molecular complexity index is 803. The Labute approximate surface area is 164 Å². The van der Waals surface area contributed by atoms with Gasteiger partial charge in [0.2, 0.25) is 0 Å². The van der Waals surface area contributed by atoms with Gasteiger partial charge >= 0.3 is 6.36 Å². The highest BCUT2D eigenvalue weighted by atomic mass is 32.2. The van der Waals surface area contributed by atoms with E-state index in [0.29, 0.717) is 27.9 Å². The number of amides is 1. The second-order valence-electron chi connectivity index (χ2n) is 5.61. The molecule has 1 aromatic rings. The molecule has 0 saturated heterocycles. The largest absolute Gasteiger partial charge is 0.573 e. The van der Waals surface area contributed by atoms with E-state index in [1.807, 2.05) is 6.92 Å². The van der Waals surface area contributed by atoms with Crippen molar-refractivity contribution >= 4 is 28.4 Å². The standard InChI is InChI=1S/C18H20F3N3O3S/c1-3-22-17-14(10-15(28-17)16(26)23-8-9-25)11(2)24-12-4-6-13(7-5-12)27-18(19,20)21/h4-7,10,24-25H,3,8-9H2,1-2H3,(H,23,26)/b14-11+,22-17+. The number of aliphatic imine (C=N–C) groups is 1. The van der Waals surface area contributed by atoms with Gasteiger partial charge < -0.3 is 20.5 Å². The lowest BCUT2D eigenvalue weighted by Crippen LogP contribution is -2.26. The van der Waals surface area contributed by atoms with Crippen LogP contribution < -0.4 is 15.4 Å². The van der Waals surface area contributed by atoms with Crippen LogP contribution in [0.5, 0.6) is 5.75 Å². The van der Waals surface area contributed by atoms with Crippen molar-refractivity contribution in [2.24, 2.45) is 4.99 Å². The highest BCUT2D eigenvalue weighted by Gasteiger charge is 2.31. The van der Waals surface area contributed by atoms with Gasteiger partial charge in [0.05, 0.1) is 11.5 Å². The van der Waals surface area contributed by atoms with E-state index in [0.717, 1.165) is 5.57 Å². The van der Waals surface area contributed by atoms with Crippen LogP contribution in [-0.2, 0) is 4.79 Å². The van der Waals surface area contributed by atoms with Crippen LogP contribution in [0.1, 0.15) is 13.8 Å². The summed E-state index contributed by atoms with van der Waals surface area (Å²) in [7, 11) is 0. The fourth-order valence-corrected chi connectivity index (χ4v) is 3.37. The second-order valence-corrected chi connectivity index (χ2v) is 6.64. The van der Waals surface area contributed by atoms with Crippen LogP contribution in [0.25, 0.3) is 0 Å². The van der Waals surface area contributed by atoms with Gasteiger partial charge in [0.25, 0.3) is 5.91 Å². The predicted molar refractivity (Wildman–Crippen MR) is 103 cm³/mol. The summed E-state index contributed by atoms with van der Waals surface area (Å²) in [6.07, 6.45) is -3.05. The van der Waals surface area contributed by atoms with Crippen LogP contribution in [0.4, 0.5) is 18.9 Å². The number of hydrogen-bond donors (Lipinski definition) is 3. The number of allylic oxidation sites excluding steroid dienone is 2. The molecule has 3 N–H and O–H groups in total. The number of thioether (sulfide) groups is 1. The molecule has 0 radical (unpaired) electrons. The Morgan fingerprint density at radius 2 is 1.96 bits per heavy atom. The lowest BCUT2D eigenvalue weighted by molar-refractivity contribution is -0.274. The van der Waals surface area contributed by atoms with Gasteiger partial charge in [-0.05, 0) is 44.2 Å². The number of benzene rings is 1. The van der Waals surface area contributed by atoms with Gasteiger partial charge in [-0.2, -0.15) is 0 Å². The van der Waals surface area contributed by atoms with Gasteiger partial charge in [-0.1, -0.05) is 11.8 Å². The normalized spacial score (nSPS) is 17.4. The van der Waals surface area contributed by atoms with Crippen molar-refractivity contribution in [1.29, 1.82) is 0 Å². The van der Waals surface area contributed by atoms with Crippen molar-refractivity contribution in [3.8, 4) is 5.75 Å². The molecule has 1 heterocycles. The van der Waals surface area contributed by atoms with Crippen molar-refractivity contribution in [1.82, 2.24) is 5.32 Å². The van der Waals surface area contributed by atoms with Crippen LogP contribution in [0, 0.1) is 0 Å². The molecule has 1 aliphatic heterocycles. The molecule has 28 heavy (non-hydrogen) atoms. The average Bonchev–Trinajstić information content (AvgIpc) is 3.04. The molecule has 2 rings (SSSR count). The molecule has 1 aliphatic rings. The number of hydrogen-bond acceptors (Lipinski definition) is 6. The molecule has 0 aromatic heterocycles. The van der Waals surface area contributed by atoms with E-state index in [1.54, 1.807) is 13.0 Å². The van der Waals surface area contributed by atoms with E-state index in [1.165, 1.54) is 36.0 Å². The number of carbonyl (C=O) groups excluding carboxylic acids is 1. The van der Waals surface area contributed by atoms with Gasteiger partial charge in [-0.15, -0.1) is 13.2 Å². The average molecular weight is 415 g/mol. The Morgan fingerprint density at radius 3 is 2.54 bits per heavy atom. The number of nitrogens with zero attached hydrogens (tertiary/aromatic N) is 1. The van der Waals surface area contributed by atoms with Gasteiger partial charge in [0.15, 0.2) is 0 Å². The van der Waals surface area contributed by atoms with Crippen molar-refractivity contribution in [3.63, 3.8) is 0 Å². The third-order valence-electron chi connectivity index (χ3n) is 3.46. The zero-order chi connectivity index (χ0) is 20.7. The number of nitrogens with one attached hydrogen (secondary N) is 2. The maximum absolute atomic E-state index is 12.2. The van der Waals surface area contributed by atoms with Gasteiger partial charge in [-0.3, -0.25) is 9.79 Å². The molecule has 0 saturated carbocycles. The summed E-state index contributed by atoms with van der Waals surface area (Å²) >= 11 is 1.22. The van der Waals surface area contributed by atoms with Gasteiger partial charge in [0.1, 0.15) is 10.8 Å². The fourth-order valence-electron chi connectivity index (χ4n) is 2.30. The molecule has 152 valence electrons. The molecule has 0 aliphatic carbocycles. The van der Waals surface area contributed by atoms with Gasteiger partial charge in [0, 0.05) is 30.0 Å². The van der Waals surface area contributed by atoms with Crippen molar-refractivity contribution in [2.45, 2.75) is 20.2 Å². The van der Waals surface area contributed by atoms with E-state index < -0.39 is 6.36 Å². The first-order valence-electron chi connectivity index (χ1n) is 8.40. The van der Waals surface area contributed by atoms with E-state index in [-0.39, 0.29) is 24.8 Å². The second kappa shape index (κ2) is 9.65. The highest BCUT2D eigenvalue weighted by Crippen LogP contribution is 2.34. The monoisotopic (exact) mass is 415 g/mol. The number of halogens is 3. The third kappa shape index (κ3) is 6.31. The number of alkyl halides is 3. The Kier molecular flexibility index (Phi) is 7.53. The molecule has 0 bridgehead atoms. The number of aliphatic hydroxyl groups is 1. The molecule has 1 amide bonds. The summed E-state index contributed by atoms with van der Waals surface area (Å²) in [5.41, 5.74) is 1.97. The minimum absolute atomic E-state index is 0.152. The topological polar surface area (TPSA) is 83.0 Å². The van der Waals surface area contributed by atoms with Crippen LogP contribution >= 0.6 is 11.8 Å². The van der Waals surface area contributed by atoms with Crippen LogP contribution in [0.15, 0.2) is 51.5 Å². The van der Waals surface area contributed by atoms with Crippen LogP contribution in [0.3, 0.4) is 0 Å². The number of anilines is 1. The van der Waals surface area contributed by atoms with Crippen molar-refractivity contribution in [2.75, 3.05) is 25.0 Å². The highest BCUT2D eigenvalue weighted by molar-refractivity contribution is 8.18. The summed E-state index contributed by atoms with van der Waals surface area (Å²) in [6.45, 7) is 4.18. The predicted octanol–water partition coefficient (Wildman–Crippen LogP) is 3.43. The van der Waals surface area contributed by atoms with E-state index in [4.69, 9.17) is 5.11 Å². The maximum Gasteiger partial charge on any atom is 0.573 e.